The summed E-state index contributed by atoms with van der Waals surface area (Å²) in [7, 11) is 0. The van der Waals surface area contributed by atoms with Crippen LogP contribution in [-0.4, -0.2) is 18.1 Å². The predicted molar refractivity (Wildman–Crippen MR) is 81.7 cm³/mol. The van der Waals surface area contributed by atoms with Crippen LogP contribution in [0.1, 0.15) is 31.5 Å². The monoisotopic (exact) mass is 273 g/mol. The Morgan fingerprint density at radius 2 is 2.00 bits per heavy atom. The largest absolute Gasteiger partial charge is 0.432 e. The van der Waals surface area contributed by atoms with E-state index in [1.54, 1.807) is 6.26 Å². The van der Waals surface area contributed by atoms with Crippen molar-refractivity contribution in [3.8, 4) is 0 Å². The minimum absolute atomic E-state index is 0.699. The lowest BCUT2D eigenvalue weighted by atomic mass is 10.2. The lowest BCUT2D eigenvalue weighted by Crippen LogP contribution is -2.22. The molecular formula is C16H23N3O. The molecule has 0 saturated carbocycles. The first-order valence-electron chi connectivity index (χ1n) is 7.27. The molecule has 0 saturated heterocycles. The molecule has 0 unspecified atom stereocenters. The van der Waals surface area contributed by atoms with E-state index in [0.717, 1.165) is 38.3 Å². The Morgan fingerprint density at radius 1 is 1.20 bits per heavy atom. The van der Waals surface area contributed by atoms with E-state index in [0.29, 0.717) is 6.01 Å². The highest BCUT2D eigenvalue weighted by Gasteiger charge is 2.11. The second kappa shape index (κ2) is 7.70. The maximum atomic E-state index is 5.60. The summed E-state index contributed by atoms with van der Waals surface area (Å²) in [6.07, 6.45) is 2.87. The van der Waals surface area contributed by atoms with E-state index in [9.17, 15) is 0 Å². The fourth-order valence-electron chi connectivity index (χ4n) is 2.03. The minimum Gasteiger partial charge on any atom is -0.432 e. The van der Waals surface area contributed by atoms with Crippen LogP contribution in [-0.2, 0) is 13.1 Å². The van der Waals surface area contributed by atoms with Crippen molar-refractivity contribution in [2.75, 3.05) is 18.0 Å². The normalized spacial score (nSPS) is 10.7. The highest BCUT2D eigenvalue weighted by molar-refractivity contribution is 5.30. The molecular weight excluding hydrogens is 250 g/mol. The van der Waals surface area contributed by atoms with Gasteiger partial charge in [0.05, 0.1) is 5.69 Å². The number of rotatable bonds is 8. The van der Waals surface area contributed by atoms with Gasteiger partial charge in [0.2, 0.25) is 0 Å². The van der Waals surface area contributed by atoms with E-state index >= 15 is 0 Å². The van der Waals surface area contributed by atoms with Gasteiger partial charge in [0, 0.05) is 19.6 Å². The first-order valence-corrected chi connectivity index (χ1v) is 7.27. The first-order chi connectivity index (χ1) is 9.83. The maximum Gasteiger partial charge on any atom is 0.297 e. The minimum atomic E-state index is 0.699. The van der Waals surface area contributed by atoms with Crippen molar-refractivity contribution >= 4 is 6.01 Å². The van der Waals surface area contributed by atoms with Crippen LogP contribution < -0.4 is 10.2 Å². The van der Waals surface area contributed by atoms with Crippen LogP contribution in [0, 0.1) is 0 Å². The van der Waals surface area contributed by atoms with E-state index in [2.05, 4.69) is 53.3 Å². The van der Waals surface area contributed by atoms with Gasteiger partial charge in [0.15, 0.2) is 0 Å². The van der Waals surface area contributed by atoms with Gasteiger partial charge in [-0.25, -0.2) is 0 Å². The van der Waals surface area contributed by atoms with Gasteiger partial charge in [-0.3, -0.25) is 0 Å². The average Bonchev–Trinajstić information content (AvgIpc) is 2.95. The van der Waals surface area contributed by atoms with Crippen LogP contribution >= 0.6 is 0 Å². The Hall–Kier alpha value is -1.81. The SMILES string of the molecule is CCCNCc1coc(N(CC)Cc2ccccc2)n1. The van der Waals surface area contributed by atoms with Gasteiger partial charge in [0.1, 0.15) is 6.26 Å². The number of nitrogens with zero attached hydrogens (tertiary/aromatic N) is 2. The van der Waals surface area contributed by atoms with Crippen LogP contribution in [0.25, 0.3) is 0 Å². The molecule has 0 fully saturated rings. The van der Waals surface area contributed by atoms with Crippen LogP contribution in [0.5, 0.6) is 0 Å². The lowest BCUT2D eigenvalue weighted by molar-refractivity contribution is 0.533. The number of aromatic nitrogens is 1. The summed E-state index contributed by atoms with van der Waals surface area (Å²) in [4.78, 5) is 6.68. The zero-order valence-electron chi connectivity index (χ0n) is 12.3. The molecule has 0 aliphatic heterocycles. The molecule has 0 amide bonds. The summed E-state index contributed by atoms with van der Waals surface area (Å²) in [5.74, 6) is 0. The van der Waals surface area contributed by atoms with E-state index in [4.69, 9.17) is 4.42 Å². The van der Waals surface area contributed by atoms with Crippen molar-refractivity contribution in [2.24, 2.45) is 0 Å². The third kappa shape index (κ3) is 4.10. The summed E-state index contributed by atoms with van der Waals surface area (Å²) in [6, 6.07) is 11.1. The van der Waals surface area contributed by atoms with Gasteiger partial charge >= 0.3 is 0 Å². The zero-order chi connectivity index (χ0) is 14.2. The quantitative estimate of drug-likeness (QED) is 0.750. The fourth-order valence-corrected chi connectivity index (χ4v) is 2.03. The predicted octanol–water partition coefficient (Wildman–Crippen LogP) is 3.20. The Labute approximate surface area is 120 Å². The second-order valence-corrected chi connectivity index (χ2v) is 4.80. The van der Waals surface area contributed by atoms with Gasteiger partial charge in [0.25, 0.3) is 6.01 Å². The van der Waals surface area contributed by atoms with E-state index in [1.165, 1.54) is 5.56 Å². The fraction of sp³-hybridized carbons (Fsp3) is 0.438. The third-order valence-electron chi connectivity index (χ3n) is 3.14. The number of hydrogen-bond donors (Lipinski definition) is 1. The summed E-state index contributed by atoms with van der Waals surface area (Å²) in [5, 5.41) is 3.33. The number of oxazole rings is 1. The molecule has 0 aliphatic carbocycles. The third-order valence-corrected chi connectivity index (χ3v) is 3.14. The topological polar surface area (TPSA) is 41.3 Å². The molecule has 0 atom stereocenters. The van der Waals surface area contributed by atoms with Gasteiger partial charge in [-0.1, -0.05) is 37.3 Å². The van der Waals surface area contributed by atoms with Crippen molar-refractivity contribution in [1.29, 1.82) is 0 Å². The van der Waals surface area contributed by atoms with Crippen LogP contribution in [0.4, 0.5) is 6.01 Å². The maximum absolute atomic E-state index is 5.60. The van der Waals surface area contributed by atoms with Gasteiger partial charge in [-0.05, 0) is 25.5 Å². The summed E-state index contributed by atoms with van der Waals surface area (Å²) in [6.45, 7) is 7.73. The van der Waals surface area contributed by atoms with Crippen molar-refractivity contribution in [2.45, 2.75) is 33.4 Å². The molecule has 0 bridgehead atoms. The molecule has 1 heterocycles. The van der Waals surface area contributed by atoms with Gasteiger partial charge < -0.3 is 14.6 Å². The number of nitrogens with one attached hydrogen (secondary N) is 1. The second-order valence-electron chi connectivity index (χ2n) is 4.80. The van der Waals surface area contributed by atoms with Crippen molar-refractivity contribution in [3.63, 3.8) is 0 Å². The van der Waals surface area contributed by atoms with Crippen LogP contribution in [0.2, 0.25) is 0 Å². The molecule has 4 heteroatoms. The zero-order valence-corrected chi connectivity index (χ0v) is 12.3. The lowest BCUT2D eigenvalue weighted by Gasteiger charge is -2.18. The Morgan fingerprint density at radius 3 is 2.70 bits per heavy atom. The van der Waals surface area contributed by atoms with Crippen LogP contribution in [0.15, 0.2) is 41.0 Å². The molecule has 2 rings (SSSR count). The Balaban J connectivity index is 1.97. The molecule has 1 N–H and O–H groups in total. The van der Waals surface area contributed by atoms with Crippen molar-refractivity contribution in [3.05, 3.63) is 47.9 Å². The number of hydrogen-bond acceptors (Lipinski definition) is 4. The van der Waals surface area contributed by atoms with Gasteiger partial charge in [-0.15, -0.1) is 0 Å². The van der Waals surface area contributed by atoms with Crippen molar-refractivity contribution in [1.82, 2.24) is 10.3 Å². The Bertz CT molecular complexity index is 495. The average molecular weight is 273 g/mol. The smallest absolute Gasteiger partial charge is 0.297 e. The molecule has 0 radical (unpaired) electrons. The first kappa shape index (κ1) is 14.6. The van der Waals surface area contributed by atoms with Crippen LogP contribution in [0.3, 0.4) is 0 Å². The molecule has 1 aromatic heterocycles. The van der Waals surface area contributed by atoms with E-state index in [1.807, 2.05) is 6.07 Å². The number of benzene rings is 1. The highest BCUT2D eigenvalue weighted by atomic mass is 16.4. The molecule has 0 aliphatic rings. The molecule has 0 spiro atoms. The summed E-state index contributed by atoms with van der Waals surface area (Å²) < 4.78 is 5.60. The summed E-state index contributed by atoms with van der Waals surface area (Å²) in [5.41, 5.74) is 2.22. The molecule has 108 valence electrons. The standard InChI is InChI=1S/C16H23N3O/c1-3-10-17-11-15-13-20-16(18-15)19(4-2)12-14-8-6-5-7-9-14/h5-9,13,17H,3-4,10-12H2,1-2H3. The molecule has 2 aromatic rings. The van der Waals surface area contributed by atoms with E-state index in [-0.39, 0.29) is 0 Å². The molecule has 4 nitrogen and oxygen atoms in total. The van der Waals surface area contributed by atoms with E-state index < -0.39 is 0 Å². The highest BCUT2D eigenvalue weighted by Crippen LogP contribution is 2.16. The Kier molecular flexibility index (Phi) is 5.62. The van der Waals surface area contributed by atoms with Crippen molar-refractivity contribution < 1.29 is 4.42 Å². The molecule has 20 heavy (non-hydrogen) atoms. The molecule has 1 aromatic carbocycles. The number of anilines is 1. The van der Waals surface area contributed by atoms with Gasteiger partial charge in [-0.2, -0.15) is 4.98 Å². The summed E-state index contributed by atoms with van der Waals surface area (Å²) >= 11 is 0.